The van der Waals surface area contributed by atoms with Gasteiger partial charge in [-0.1, -0.05) is 12.1 Å². The third kappa shape index (κ3) is 6.07. The van der Waals surface area contributed by atoms with Crippen LogP contribution >= 0.6 is 0 Å². The van der Waals surface area contributed by atoms with Gasteiger partial charge in [-0.2, -0.15) is 0 Å². The van der Waals surface area contributed by atoms with Gasteiger partial charge < -0.3 is 20.1 Å². The summed E-state index contributed by atoms with van der Waals surface area (Å²) in [4.78, 5) is 30.3. The minimum absolute atomic E-state index is 0.0675. The molecule has 1 aliphatic rings. The predicted molar refractivity (Wildman–Crippen MR) is 106 cm³/mol. The lowest BCUT2D eigenvalue weighted by molar-refractivity contribution is -0.274. The SMILES string of the molecule is CC(C)OCC(NC(=O)N1CC(=O)Nc2cccnc21)c1ccc(OC(F)(F)F)cc1. The number of nitrogens with one attached hydrogen (secondary N) is 2. The molecule has 1 aromatic carbocycles. The maximum atomic E-state index is 13.0. The van der Waals surface area contributed by atoms with Crippen molar-refractivity contribution in [2.24, 2.45) is 0 Å². The fourth-order valence-electron chi connectivity index (χ4n) is 2.92. The molecule has 0 saturated carbocycles. The molecule has 2 aromatic rings. The molecule has 11 heteroatoms. The number of fused-ring (bicyclic) bond motifs is 1. The largest absolute Gasteiger partial charge is 0.573 e. The minimum atomic E-state index is -4.80. The number of carbonyl (C=O) groups is 2. The zero-order chi connectivity index (χ0) is 22.6. The summed E-state index contributed by atoms with van der Waals surface area (Å²) in [6.07, 6.45) is -3.45. The van der Waals surface area contributed by atoms with Crippen LogP contribution in [0.5, 0.6) is 5.75 Å². The number of aromatic nitrogens is 1. The van der Waals surface area contributed by atoms with Crippen molar-refractivity contribution in [1.29, 1.82) is 0 Å². The summed E-state index contributed by atoms with van der Waals surface area (Å²) in [5, 5.41) is 5.41. The fourth-order valence-corrected chi connectivity index (χ4v) is 2.92. The summed E-state index contributed by atoms with van der Waals surface area (Å²) in [6, 6.07) is 7.10. The molecule has 0 aliphatic carbocycles. The number of anilines is 2. The van der Waals surface area contributed by atoms with Crippen molar-refractivity contribution >= 4 is 23.4 Å². The number of halogens is 3. The number of urea groups is 1. The lowest BCUT2D eigenvalue weighted by Crippen LogP contribution is -2.49. The molecule has 1 atom stereocenters. The van der Waals surface area contributed by atoms with E-state index < -0.39 is 18.4 Å². The summed E-state index contributed by atoms with van der Waals surface area (Å²) < 4.78 is 46.7. The molecule has 0 radical (unpaired) electrons. The highest BCUT2D eigenvalue weighted by Gasteiger charge is 2.32. The van der Waals surface area contributed by atoms with Gasteiger partial charge in [-0.05, 0) is 43.7 Å². The lowest BCUT2D eigenvalue weighted by atomic mass is 10.1. The number of hydrogen-bond acceptors (Lipinski definition) is 5. The van der Waals surface area contributed by atoms with Crippen molar-refractivity contribution in [3.63, 3.8) is 0 Å². The second kappa shape index (κ2) is 9.21. The molecule has 1 aromatic heterocycles. The van der Waals surface area contributed by atoms with Crippen molar-refractivity contribution in [3.8, 4) is 5.75 Å². The molecular formula is C20H21F3N4O4. The van der Waals surface area contributed by atoms with Crippen molar-refractivity contribution in [3.05, 3.63) is 48.2 Å². The molecule has 0 saturated heterocycles. The number of pyridine rings is 1. The number of rotatable bonds is 6. The van der Waals surface area contributed by atoms with Gasteiger partial charge in [0.05, 0.1) is 24.4 Å². The van der Waals surface area contributed by atoms with Crippen LogP contribution in [0.15, 0.2) is 42.6 Å². The average Bonchev–Trinajstić information content (AvgIpc) is 2.69. The Morgan fingerprint density at radius 1 is 1.26 bits per heavy atom. The predicted octanol–water partition coefficient (Wildman–Crippen LogP) is 3.61. The van der Waals surface area contributed by atoms with E-state index in [1.165, 1.54) is 23.2 Å². The quantitative estimate of drug-likeness (QED) is 0.719. The van der Waals surface area contributed by atoms with Crippen LogP contribution in [0.25, 0.3) is 0 Å². The van der Waals surface area contributed by atoms with E-state index in [2.05, 4.69) is 20.4 Å². The summed E-state index contributed by atoms with van der Waals surface area (Å²) >= 11 is 0. The Bertz CT molecular complexity index is 935. The number of hydrogen-bond donors (Lipinski definition) is 2. The van der Waals surface area contributed by atoms with E-state index >= 15 is 0 Å². The maximum absolute atomic E-state index is 13.0. The van der Waals surface area contributed by atoms with Gasteiger partial charge in [-0.25, -0.2) is 9.78 Å². The standard InChI is InChI=1S/C20H21F3N4O4/c1-12(2)30-11-16(13-5-7-14(8-6-13)31-20(21,22)23)26-19(29)27-10-17(28)25-15-4-3-9-24-18(15)27/h3-9,12,16H,10-11H2,1-2H3,(H,25,28)(H,26,29). The lowest BCUT2D eigenvalue weighted by Gasteiger charge is -2.30. The highest BCUT2D eigenvalue weighted by atomic mass is 19.4. The number of amides is 3. The molecule has 0 spiro atoms. The Labute approximate surface area is 176 Å². The van der Waals surface area contributed by atoms with Gasteiger partial charge in [0.2, 0.25) is 5.91 Å². The molecule has 3 rings (SSSR count). The van der Waals surface area contributed by atoms with E-state index in [0.29, 0.717) is 11.3 Å². The molecule has 1 unspecified atom stereocenters. The zero-order valence-corrected chi connectivity index (χ0v) is 16.8. The van der Waals surface area contributed by atoms with Crippen molar-refractivity contribution in [1.82, 2.24) is 10.3 Å². The van der Waals surface area contributed by atoms with Gasteiger partial charge >= 0.3 is 12.4 Å². The first kappa shape index (κ1) is 22.3. The van der Waals surface area contributed by atoms with Crippen LogP contribution in [0.3, 0.4) is 0 Å². The topological polar surface area (TPSA) is 92.8 Å². The molecule has 31 heavy (non-hydrogen) atoms. The molecule has 0 fully saturated rings. The van der Waals surface area contributed by atoms with Gasteiger partial charge in [0.1, 0.15) is 12.3 Å². The van der Waals surface area contributed by atoms with Crippen molar-refractivity contribution in [2.75, 3.05) is 23.4 Å². The molecule has 3 amide bonds. The van der Waals surface area contributed by atoms with Crippen LogP contribution in [0, 0.1) is 0 Å². The monoisotopic (exact) mass is 438 g/mol. The first-order valence-electron chi connectivity index (χ1n) is 9.42. The Hall–Kier alpha value is -3.34. The van der Waals surface area contributed by atoms with Gasteiger partial charge in [-0.3, -0.25) is 9.69 Å². The first-order chi connectivity index (χ1) is 14.6. The van der Waals surface area contributed by atoms with E-state index in [9.17, 15) is 22.8 Å². The average molecular weight is 438 g/mol. The zero-order valence-electron chi connectivity index (χ0n) is 16.8. The first-order valence-corrected chi connectivity index (χ1v) is 9.42. The number of benzene rings is 1. The van der Waals surface area contributed by atoms with Gasteiger partial charge in [0, 0.05) is 6.20 Å². The van der Waals surface area contributed by atoms with Crippen molar-refractivity contribution in [2.45, 2.75) is 32.4 Å². The number of carbonyl (C=O) groups excluding carboxylic acids is 2. The highest BCUT2D eigenvalue weighted by Crippen LogP contribution is 2.28. The van der Waals surface area contributed by atoms with Crippen LogP contribution in [-0.2, 0) is 9.53 Å². The number of nitrogens with zero attached hydrogens (tertiary/aromatic N) is 2. The minimum Gasteiger partial charge on any atom is -0.406 e. The third-order valence-electron chi connectivity index (χ3n) is 4.27. The molecule has 8 nitrogen and oxygen atoms in total. The third-order valence-corrected chi connectivity index (χ3v) is 4.27. The van der Waals surface area contributed by atoms with E-state index in [4.69, 9.17) is 4.74 Å². The van der Waals surface area contributed by atoms with Crippen molar-refractivity contribution < 1.29 is 32.2 Å². The normalized spacial score (nSPS) is 14.6. The molecule has 1 aliphatic heterocycles. The van der Waals surface area contributed by atoms with E-state index in [0.717, 1.165) is 12.1 Å². The number of ether oxygens (including phenoxy) is 2. The summed E-state index contributed by atoms with van der Waals surface area (Å²) in [6.45, 7) is 3.46. The maximum Gasteiger partial charge on any atom is 0.573 e. The van der Waals surface area contributed by atoms with Crippen LogP contribution in [0.4, 0.5) is 29.5 Å². The highest BCUT2D eigenvalue weighted by molar-refractivity contribution is 6.08. The molecule has 0 bridgehead atoms. The molecule has 2 N–H and O–H groups in total. The molecule has 166 valence electrons. The Kier molecular flexibility index (Phi) is 6.64. The second-order valence-electron chi connectivity index (χ2n) is 7.01. The van der Waals surface area contributed by atoms with Crippen LogP contribution in [0.1, 0.15) is 25.5 Å². The van der Waals surface area contributed by atoms with Crippen LogP contribution < -0.4 is 20.3 Å². The molecule has 2 heterocycles. The van der Waals surface area contributed by atoms with E-state index in [-0.39, 0.29) is 36.7 Å². The fraction of sp³-hybridized carbons (Fsp3) is 0.350. The number of alkyl halides is 3. The van der Waals surface area contributed by atoms with E-state index in [1.54, 1.807) is 12.1 Å². The van der Waals surface area contributed by atoms with Gasteiger partial charge in [0.15, 0.2) is 5.82 Å². The summed E-state index contributed by atoms with van der Waals surface area (Å²) in [5.74, 6) is -0.465. The summed E-state index contributed by atoms with van der Waals surface area (Å²) in [5.41, 5.74) is 0.906. The Balaban J connectivity index is 1.80. The Morgan fingerprint density at radius 3 is 2.61 bits per heavy atom. The van der Waals surface area contributed by atoms with Crippen LogP contribution in [-0.4, -0.2) is 42.5 Å². The Morgan fingerprint density at radius 2 is 1.97 bits per heavy atom. The summed E-state index contributed by atoms with van der Waals surface area (Å²) in [7, 11) is 0. The van der Waals surface area contributed by atoms with Gasteiger partial charge in [0.25, 0.3) is 0 Å². The molecular weight excluding hydrogens is 417 g/mol. The van der Waals surface area contributed by atoms with Gasteiger partial charge in [-0.15, -0.1) is 13.2 Å². The smallest absolute Gasteiger partial charge is 0.406 e. The second-order valence-corrected chi connectivity index (χ2v) is 7.01. The van der Waals surface area contributed by atoms with Crippen LogP contribution in [0.2, 0.25) is 0 Å². The van der Waals surface area contributed by atoms with E-state index in [1.807, 2.05) is 13.8 Å².